The molecular weight excluding hydrogens is 242 g/mol. The fourth-order valence-electron chi connectivity index (χ4n) is 2.51. The first kappa shape index (κ1) is 12.6. The first-order chi connectivity index (χ1) is 9.75. The van der Waals surface area contributed by atoms with Gasteiger partial charge in [-0.1, -0.05) is 60.7 Å². The number of hydrogen-bond donors (Lipinski definition) is 0. The van der Waals surface area contributed by atoms with Gasteiger partial charge in [0.1, 0.15) is 0 Å². The van der Waals surface area contributed by atoms with Crippen molar-refractivity contribution < 1.29 is 0 Å². The van der Waals surface area contributed by atoms with Crippen molar-refractivity contribution in [3.05, 3.63) is 77.4 Å². The van der Waals surface area contributed by atoms with Crippen molar-refractivity contribution >= 4 is 22.7 Å². The summed E-state index contributed by atoms with van der Waals surface area (Å²) in [7, 11) is 0. The van der Waals surface area contributed by atoms with E-state index in [0.29, 0.717) is 0 Å². The number of hydrogen-bond acceptors (Lipinski definition) is 1. The monoisotopic (exact) mass is 259 g/mol. The van der Waals surface area contributed by atoms with Crippen LogP contribution in [0.5, 0.6) is 0 Å². The molecule has 0 atom stereocenters. The number of aryl methyl sites for hydroxylation is 2. The minimum Gasteiger partial charge on any atom is -0.256 e. The van der Waals surface area contributed by atoms with Gasteiger partial charge in [-0.25, -0.2) is 0 Å². The number of benzene rings is 3. The van der Waals surface area contributed by atoms with Crippen molar-refractivity contribution in [1.82, 2.24) is 0 Å². The molecule has 0 aromatic heterocycles. The molecule has 1 nitrogen and oxygen atoms in total. The molecule has 0 N–H and O–H groups in total. The van der Waals surface area contributed by atoms with Crippen LogP contribution in [0.2, 0.25) is 0 Å². The van der Waals surface area contributed by atoms with E-state index in [-0.39, 0.29) is 0 Å². The maximum Gasteiger partial charge on any atom is 0.0688 e. The Balaban J connectivity index is 2.07. The molecule has 20 heavy (non-hydrogen) atoms. The first-order valence-electron chi connectivity index (χ1n) is 6.84. The van der Waals surface area contributed by atoms with Gasteiger partial charge < -0.3 is 0 Å². The number of rotatable bonds is 2. The van der Waals surface area contributed by atoms with Gasteiger partial charge in [-0.15, -0.1) is 0 Å². The normalized spacial score (nSPS) is 11.3. The van der Waals surface area contributed by atoms with Gasteiger partial charge in [0.15, 0.2) is 0 Å². The average Bonchev–Trinajstić information content (AvgIpc) is 2.47. The number of aliphatic imine (C=N–C) groups is 1. The Morgan fingerprint density at radius 2 is 1.40 bits per heavy atom. The van der Waals surface area contributed by atoms with Crippen LogP contribution < -0.4 is 0 Å². The molecule has 0 spiro atoms. The van der Waals surface area contributed by atoms with E-state index < -0.39 is 0 Å². The summed E-state index contributed by atoms with van der Waals surface area (Å²) >= 11 is 0. The molecule has 0 aliphatic carbocycles. The number of fused-ring (bicyclic) bond motifs is 1. The fraction of sp³-hybridized carbons (Fsp3) is 0.105. The highest BCUT2D eigenvalue weighted by atomic mass is 14.7. The summed E-state index contributed by atoms with van der Waals surface area (Å²) in [6.45, 7) is 4.20. The Kier molecular flexibility index (Phi) is 3.34. The van der Waals surface area contributed by atoms with Crippen molar-refractivity contribution in [2.45, 2.75) is 13.8 Å². The van der Waals surface area contributed by atoms with Crippen LogP contribution in [0, 0.1) is 13.8 Å². The molecule has 98 valence electrons. The molecule has 0 radical (unpaired) electrons. The number of para-hydroxylation sites is 1. The van der Waals surface area contributed by atoms with E-state index in [4.69, 9.17) is 4.99 Å². The average molecular weight is 259 g/mol. The summed E-state index contributed by atoms with van der Waals surface area (Å²) in [4.78, 5) is 4.70. The molecule has 0 fully saturated rings. The summed E-state index contributed by atoms with van der Waals surface area (Å²) in [5, 5.41) is 2.49. The zero-order valence-corrected chi connectivity index (χ0v) is 11.8. The van der Waals surface area contributed by atoms with Gasteiger partial charge in [-0.3, -0.25) is 4.99 Å². The Morgan fingerprint density at radius 3 is 2.20 bits per heavy atom. The summed E-state index contributed by atoms with van der Waals surface area (Å²) < 4.78 is 0. The molecule has 0 amide bonds. The summed E-state index contributed by atoms with van der Waals surface area (Å²) in [5.41, 5.74) is 4.65. The van der Waals surface area contributed by atoms with Crippen LogP contribution in [0.3, 0.4) is 0 Å². The fourth-order valence-corrected chi connectivity index (χ4v) is 2.51. The standard InChI is InChI=1S/C19H17N/c1-14-7-5-8-15(2)19(14)20-13-17-11-6-10-16-9-3-4-12-18(16)17/h3-13H,1-2H3/b20-13+. The Labute approximate surface area is 119 Å². The predicted octanol–water partition coefficient (Wildman–Crippen LogP) is 5.21. The van der Waals surface area contributed by atoms with Crippen molar-refractivity contribution in [3.8, 4) is 0 Å². The second-order valence-electron chi connectivity index (χ2n) is 5.07. The third kappa shape index (κ3) is 2.35. The molecule has 0 bridgehead atoms. The van der Waals surface area contributed by atoms with Crippen molar-refractivity contribution in [1.29, 1.82) is 0 Å². The molecule has 0 aliphatic rings. The quantitative estimate of drug-likeness (QED) is 0.560. The van der Waals surface area contributed by atoms with Gasteiger partial charge in [-0.05, 0) is 35.7 Å². The lowest BCUT2D eigenvalue weighted by Gasteiger charge is -2.05. The van der Waals surface area contributed by atoms with Crippen LogP contribution in [0.15, 0.2) is 65.7 Å². The number of nitrogens with zero attached hydrogens (tertiary/aromatic N) is 1. The lowest BCUT2D eigenvalue weighted by molar-refractivity contribution is 1.33. The second kappa shape index (κ2) is 5.30. The smallest absolute Gasteiger partial charge is 0.0688 e. The van der Waals surface area contributed by atoms with Gasteiger partial charge >= 0.3 is 0 Å². The van der Waals surface area contributed by atoms with E-state index in [9.17, 15) is 0 Å². The van der Waals surface area contributed by atoms with Gasteiger partial charge in [0.2, 0.25) is 0 Å². The van der Waals surface area contributed by atoms with Gasteiger partial charge in [0, 0.05) is 11.8 Å². The van der Waals surface area contributed by atoms with Crippen molar-refractivity contribution in [3.63, 3.8) is 0 Å². The van der Waals surface area contributed by atoms with Crippen LogP contribution in [0.1, 0.15) is 16.7 Å². The van der Waals surface area contributed by atoms with Crippen LogP contribution in [0.25, 0.3) is 10.8 Å². The summed E-state index contributed by atoms with van der Waals surface area (Å²) in [5.74, 6) is 0. The van der Waals surface area contributed by atoms with Crippen LogP contribution in [-0.4, -0.2) is 6.21 Å². The second-order valence-corrected chi connectivity index (χ2v) is 5.07. The SMILES string of the molecule is Cc1cccc(C)c1/N=C/c1cccc2ccccc12. The first-order valence-corrected chi connectivity index (χ1v) is 6.84. The lowest BCUT2D eigenvalue weighted by atomic mass is 10.1. The van der Waals surface area contributed by atoms with Crippen LogP contribution >= 0.6 is 0 Å². The Hall–Kier alpha value is -2.41. The zero-order chi connectivity index (χ0) is 13.9. The van der Waals surface area contributed by atoms with E-state index in [2.05, 4.69) is 74.5 Å². The molecule has 3 aromatic rings. The third-order valence-electron chi connectivity index (χ3n) is 3.60. The molecule has 0 saturated heterocycles. The Morgan fingerprint density at radius 1 is 0.750 bits per heavy atom. The predicted molar refractivity (Wildman–Crippen MR) is 87.1 cm³/mol. The van der Waals surface area contributed by atoms with E-state index in [1.807, 2.05) is 6.21 Å². The highest BCUT2D eigenvalue weighted by Gasteiger charge is 2.00. The highest BCUT2D eigenvalue weighted by molar-refractivity contribution is 6.00. The van der Waals surface area contributed by atoms with E-state index in [1.165, 1.54) is 21.9 Å². The molecule has 0 aliphatic heterocycles. The minimum atomic E-state index is 1.07. The zero-order valence-electron chi connectivity index (χ0n) is 11.8. The molecule has 0 saturated carbocycles. The van der Waals surface area contributed by atoms with Crippen molar-refractivity contribution in [2.24, 2.45) is 4.99 Å². The highest BCUT2D eigenvalue weighted by Crippen LogP contribution is 2.24. The van der Waals surface area contributed by atoms with Gasteiger partial charge in [0.05, 0.1) is 5.69 Å². The summed E-state index contributed by atoms with van der Waals surface area (Å²) in [6, 6.07) is 21.0. The van der Waals surface area contributed by atoms with Gasteiger partial charge in [-0.2, -0.15) is 0 Å². The van der Waals surface area contributed by atoms with E-state index in [1.54, 1.807) is 0 Å². The molecular formula is C19H17N. The third-order valence-corrected chi connectivity index (χ3v) is 3.60. The maximum atomic E-state index is 4.70. The minimum absolute atomic E-state index is 1.07. The molecule has 3 aromatic carbocycles. The summed E-state index contributed by atoms with van der Waals surface area (Å²) in [6.07, 6.45) is 1.97. The molecule has 0 unspecified atom stereocenters. The van der Waals surface area contributed by atoms with E-state index in [0.717, 1.165) is 11.3 Å². The van der Waals surface area contributed by atoms with Crippen molar-refractivity contribution in [2.75, 3.05) is 0 Å². The topological polar surface area (TPSA) is 12.4 Å². The largest absolute Gasteiger partial charge is 0.256 e. The van der Waals surface area contributed by atoms with Crippen LogP contribution in [0.4, 0.5) is 5.69 Å². The Bertz CT molecular complexity index is 759. The van der Waals surface area contributed by atoms with Crippen LogP contribution in [-0.2, 0) is 0 Å². The van der Waals surface area contributed by atoms with Gasteiger partial charge in [0.25, 0.3) is 0 Å². The maximum absolute atomic E-state index is 4.70. The van der Waals surface area contributed by atoms with E-state index >= 15 is 0 Å². The molecule has 1 heteroatoms. The molecule has 0 heterocycles. The lowest BCUT2D eigenvalue weighted by Crippen LogP contribution is -1.85. The molecule has 3 rings (SSSR count).